The monoisotopic (exact) mass is 543 g/mol. The summed E-state index contributed by atoms with van der Waals surface area (Å²) in [4.78, 5) is 25.9. The smallest absolute Gasteiger partial charge is 0.250 e. The molecule has 1 fully saturated rings. The van der Waals surface area contributed by atoms with E-state index >= 15 is 0 Å². The number of benzene rings is 1. The predicted octanol–water partition coefficient (Wildman–Crippen LogP) is 4.76. The lowest BCUT2D eigenvalue weighted by atomic mass is 9.98. The van der Waals surface area contributed by atoms with Crippen LogP contribution in [-0.2, 0) is 13.0 Å². The van der Waals surface area contributed by atoms with Crippen molar-refractivity contribution >= 4 is 11.6 Å². The number of fused-ring (bicyclic) bond motifs is 1. The van der Waals surface area contributed by atoms with E-state index in [0.29, 0.717) is 30.9 Å². The van der Waals surface area contributed by atoms with Crippen LogP contribution in [0.3, 0.4) is 0 Å². The van der Waals surface area contributed by atoms with Gasteiger partial charge in [0.15, 0.2) is 11.5 Å². The van der Waals surface area contributed by atoms with Gasteiger partial charge in [-0.05, 0) is 94.3 Å². The molecule has 4 heterocycles. The minimum atomic E-state index is -0.408. The van der Waals surface area contributed by atoms with E-state index in [1.54, 1.807) is 0 Å². The fourth-order valence-electron chi connectivity index (χ4n) is 6.08. The van der Waals surface area contributed by atoms with E-state index in [0.717, 1.165) is 79.5 Å². The van der Waals surface area contributed by atoms with Gasteiger partial charge < -0.3 is 25.0 Å². The number of carbonyl (C=O) groups is 1. The van der Waals surface area contributed by atoms with Crippen LogP contribution in [0.25, 0.3) is 0 Å². The largest absolute Gasteiger partial charge is 0.486 e. The molecule has 2 aromatic heterocycles. The number of nitrogens with two attached hydrogens (primary N) is 1. The Morgan fingerprint density at radius 1 is 1.07 bits per heavy atom. The number of piperidine rings is 1. The van der Waals surface area contributed by atoms with Crippen LogP contribution in [0.1, 0.15) is 64.6 Å². The number of pyridine rings is 2. The minimum Gasteiger partial charge on any atom is -0.486 e. The number of rotatable bonds is 9. The number of aromatic nitrogens is 2. The molecule has 1 atom stereocenters. The Kier molecular flexibility index (Phi) is 8.54. The maximum absolute atomic E-state index is 11.7. The standard InChI is InChI=1S/C32H41N5O3/c1-21-9-12-34-19-25(21)20-37(28-7-8-29-30(18-28)40-16-15-39-29)27-10-13-36(14-11-27)23(3)5-6-26-17-22(2)31(32(33)38)24(4)35-26/h7-9,12,17-19,23,27H,5-6,10-11,13-16,20H2,1-4H3,(H2,33,38)/t23-/m1/s1. The normalized spacial score (nSPS) is 16.5. The van der Waals surface area contributed by atoms with Gasteiger partial charge in [0.05, 0.1) is 11.3 Å². The molecule has 0 saturated carbocycles. The maximum atomic E-state index is 11.7. The molecule has 2 aliphatic rings. The lowest BCUT2D eigenvalue weighted by molar-refractivity contribution is 0.0998. The van der Waals surface area contributed by atoms with Gasteiger partial charge in [-0.15, -0.1) is 0 Å². The molecule has 0 radical (unpaired) electrons. The van der Waals surface area contributed by atoms with Gasteiger partial charge in [-0.1, -0.05) is 0 Å². The molecule has 0 spiro atoms. The Labute approximate surface area is 237 Å². The van der Waals surface area contributed by atoms with Crippen molar-refractivity contribution in [3.8, 4) is 11.5 Å². The molecule has 0 bridgehead atoms. The van der Waals surface area contributed by atoms with Crippen LogP contribution in [0.5, 0.6) is 11.5 Å². The Hall–Kier alpha value is -3.65. The Morgan fingerprint density at radius 3 is 2.52 bits per heavy atom. The Bertz CT molecular complexity index is 1330. The van der Waals surface area contributed by atoms with Crippen molar-refractivity contribution in [1.82, 2.24) is 14.9 Å². The van der Waals surface area contributed by atoms with Crippen molar-refractivity contribution in [2.75, 3.05) is 31.2 Å². The first-order chi connectivity index (χ1) is 19.3. The third-order valence-corrected chi connectivity index (χ3v) is 8.42. The lowest BCUT2D eigenvalue weighted by Crippen LogP contribution is -2.47. The molecular weight excluding hydrogens is 502 g/mol. The molecule has 1 amide bonds. The molecule has 2 N–H and O–H groups in total. The first-order valence-corrected chi connectivity index (χ1v) is 14.4. The zero-order chi connectivity index (χ0) is 28.2. The topological polar surface area (TPSA) is 93.8 Å². The number of anilines is 1. The van der Waals surface area contributed by atoms with Crippen molar-refractivity contribution in [3.63, 3.8) is 0 Å². The number of likely N-dealkylation sites (tertiary alicyclic amines) is 1. The van der Waals surface area contributed by atoms with E-state index in [1.807, 2.05) is 38.4 Å². The van der Waals surface area contributed by atoms with Crippen LogP contribution in [0.15, 0.2) is 42.7 Å². The van der Waals surface area contributed by atoms with Crippen LogP contribution in [0, 0.1) is 20.8 Å². The first kappa shape index (κ1) is 27.9. The summed E-state index contributed by atoms with van der Waals surface area (Å²) in [7, 11) is 0. The molecule has 0 unspecified atom stereocenters. The van der Waals surface area contributed by atoms with E-state index in [1.165, 1.54) is 11.1 Å². The summed E-state index contributed by atoms with van der Waals surface area (Å²) in [5.41, 5.74) is 12.4. The highest BCUT2D eigenvalue weighted by atomic mass is 16.6. The molecule has 212 valence electrons. The van der Waals surface area contributed by atoms with Crippen molar-refractivity contribution in [2.45, 2.75) is 72.0 Å². The molecule has 3 aromatic rings. The maximum Gasteiger partial charge on any atom is 0.250 e. The number of hydrogen-bond donors (Lipinski definition) is 1. The highest BCUT2D eigenvalue weighted by molar-refractivity contribution is 5.95. The second-order valence-electron chi connectivity index (χ2n) is 11.2. The minimum absolute atomic E-state index is 0.408. The first-order valence-electron chi connectivity index (χ1n) is 14.4. The number of primary amides is 1. The second-order valence-corrected chi connectivity index (χ2v) is 11.2. The number of aryl methyl sites for hydroxylation is 4. The molecule has 40 heavy (non-hydrogen) atoms. The quantitative estimate of drug-likeness (QED) is 0.416. The molecule has 1 aromatic carbocycles. The highest BCUT2D eigenvalue weighted by Gasteiger charge is 2.28. The lowest BCUT2D eigenvalue weighted by Gasteiger charge is -2.42. The number of carbonyl (C=O) groups excluding carboxylic acids is 1. The Balaban J connectivity index is 1.25. The number of ether oxygens (including phenoxy) is 2. The van der Waals surface area contributed by atoms with E-state index in [-0.39, 0.29) is 0 Å². The van der Waals surface area contributed by atoms with Crippen LogP contribution >= 0.6 is 0 Å². The zero-order valence-electron chi connectivity index (χ0n) is 24.2. The fraction of sp³-hybridized carbons (Fsp3) is 0.469. The molecule has 8 heteroatoms. The molecule has 0 aliphatic carbocycles. The van der Waals surface area contributed by atoms with Gasteiger partial charge in [0.1, 0.15) is 13.2 Å². The van der Waals surface area contributed by atoms with Gasteiger partial charge in [0.25, 0.3) is 5.91 Å². The summed E-state index contributed by atoms with van der Waals surface area (Å²) in [5, 5.41) is 0. The van der Waals surface area contributed by atoms with Gasteiger partial charge in [0, 0.05) is 61.6 Å². The predicted molar refractivity (Wildman–Crippen MR) is 157 cm³/mol. The van der Waals surface area contributed by atoms with Gasteiger partial charge >= 0.3 is 0 Å². The summed E-state index contributed by atoms with van der Waals surface area (Å²) in [6.07, 6.45) is 7.92. The third kappa shape index (κ3) is 6.22. The van der Waals surface area contributed by atoms with Crippen LogP contribution in [0.2, 0.25) is 0 Å². The SMILES string of the molecule is Cc1ccncc1CN(c1ccc2c(c1)OCCO2)C1CCN([C@H](C)CCc2cc(C)c(C(N)=O)c(C)n2)CC1. The van der Waals surface area contributed by atoms with Gasteiger partial charge in [-0.25, -0.2) is 0 Å². The second kappa shape index (κ2) is 12.3. The fourth-order valence-corrected chi connectivity index (χ4v) is 6.08. The van der Waals surface area contributed by atoms with Gasteiger partial charge in [-0.3, -0.25) is 14.8 Å². The van der Waals surface area contributed by atoms with Crippen molar-refractivity contribution in [1.29, 1.82) is 0 Å². The molecule has 8 nitrogen and oxygen atoms in total. The van der Waals surface area contributed by atoms with Crippen LogP contribution in [0.4, 0.5) is 5.69 Å². The van der Waals surface area contributed by atoms with Gasteiger partial charge in [0.2, 0.25) is 0 Å². The molecule has 1 saturated heterocycles. The average Bonchev–Trinajstić information content (AvgIpc) is 2.95. The number of hydrogen-bond acceptors (Lipinski definition) is 7. The number of amides is 1. The molecule has 5 rings (SSSR count). The van der Waals surface area contributed by atoms with Gasteiger partial charge in [-0.2, -0.15) is 0 Å². The summed E-state index contributed by atoms with van der Waals surface area (Å²) in [6.45, 7) is 12.4. The molecule has 2 aliphatic heterocycles. The van der Waals surface area contributed by atoms with Crippen LogP contribution < -0.4 is 20.1 Å². The average molecular weight is 544 g/mol. The van der Waals surface area contributed by atoms with Crippen molar-refractivity contribution < 1.29 is 14.3 Å². The molecular formula is C32H41N5O3. The van der Waals surface area contributed by atoms with Crippen LogP contribution in [-0.4, -0.2) is 59.2 Å². The van der Waals surface area contributed by atoms with E-state index < -0.39 is 5.91 Å². The summed E-state index contributed by atoms with van der Waals surface area (Å²) >= 11 is 0. The summed E-state index contributed by atoms with van der Waals surface area (Å²) in [6, 6.07) is 11.3. The summed E-state index contributed by atoms with van der Waals surface area (Å²) < 4.78 is 11.7. The zero-order valence-corrected chi connectivity index (χ0v) is 24.2. The third-order valence-electron chi connectivity index (χ3n) is 8.42. The van der Waals surface area contributed by atoms with E-state index in [2.05, 4.69) is 51.8 Å². The number of nitrogens with zero attached hydrogens (tertiary/aromatic N) is 4. The van der Waals surface area contributed by atoms with Crippen molar-refractivity contribution in [3.05, 3.63) is 76.4 Å². The Morgan fingerprint density at radius 2 is 1.82 bits per heavy atom. The highest BCUT2D eigenvalue weighted by Crippen LogP contribution is 2.36. The van der Waals surface area contributed by atoms with E-state index in [9.17, 15) is 4.79 Å². The van der Waals surface area contributed by atoms with Crippen molar-refractivity contribution in [2.24, 2.45) is 5.73 Å². The van der Waals surface area contributed by atoms with E-state index in [4.69, 9.17) is 15.2 Å². The summed E-state index contributed by atoms with van der Waals surface area (Å²) in [5.74, 6) is 1.24.